The molecule has 28 heavy (non-hydrogen) atoms. The molecule has 1 aromatic heterocycles. The number of aromatic hydroxyl groups is 1. The summed E-state index contributed by atoms with van der Waals surface area (Å²) in [6.07, 6.45) is -0.768. The smallest absolute Gasteiger partial charge is 0.413 e. The first kappa shape index (κ1) is 19.4. The molecule has 8 heteroatoms. The third kappa shape index (κ3) is 4.50. The Labute approximate surface area is 165 Å². The molecule has 7 nitrogen and oxygen atoms in total. The Morgan fingerprint density at radius 2 is 1.82 bits per heavy atom. The zero-order valence-electron chi connectivity index (χ0n) is 15.2. The van der Waals surface area contributed by atoms with Crippen LogP contribution in [0.3, 0.4) is 0 Å². The third-order valence-corrected chi connectivity index (χ3v) is 4.36. The lowest BCUT2D eigenvalue weighted by Gasteiger charge is -2.09. The minimum absolute atomic E-state index is 0.179. The molecule has 3 aromatic rings. The summed E-state index contributed by atoms with van der Waals surface area (Å²) >= 11 is 5.82. The van der Waals surface area contributed by atoms with Crippen LogP contribution in [-0.4, -0.2) is 21.4 Å². The number of aromatic amines is 1. The Bertz CT molecular complexity index is 1050. The van der Waals surface area contributed by atoms with Gasteiger partial charge in [0.15, 0.2) is 0 Å². The van der Waals surface area contributed by atoms with Crippen molar-refractivity contribution in [3.63, 3.8) is 0 Å². The minimum atomic E-state index is -0.768. The van der Waals surface area contributed by atoms with Gasteiger partial charge in [-0.05, 0) is 54.8 Å². The van der Waals surface area contributed by atoms with Gasteiger partial charge < -0.3 is 15.2 Å². The Balaban J connectivity index is 1.75. The lowest BCUT2D eigenvalue weighted by Crippen LogP contribution is -2.28. The molecule has 0 bridgehead atoms. The number of phenolic OH excluding ortho intramolecular Hbond substituents is 1. The highest BCUT2D eigenvalue weighted by atomic mass is 35.5. The molecule has 0 atom stereocenters. The van der Waals surface area contributed by atoms with Crippen LogP contribution in [0.4, 0.5) is 4.79 Å². The van der Waals surface area contributed by atoms with Gasteiger partial charge in [-0.25, -0.2) is 9.89 Å². The highest BCUT2D eigenvalue weighted by Gasteiger charge is 2.13. The van der Waals surface area contributed by atoms with Crippen molar-refractivity contribution in [3.05, 3.63) is 74.5 Å². The van der Waals surface area contributed by atoms with Crippen LogP contribution in [0.25, 0.3) is 11.3 Å². The second-order valence-corrected chi connectivity index (χ2v) is 6.71. The van der Waals surface area contributed by atoms with Crippen molar-refractivity contribution < 1.29 is 14.6 Å². The minimum Gasteiger partial charge on any atom is -0.507 e. The summed E-state index contributed by atoms with van der Waals surface area (Å²) in [5.41, 5.74) is 2.64. The summed E-state index contributed by atoms with van der Waals surface area (Å²) in [5, 5.41) is 19.4. The van der Waals surface area contributed by atoms with Crippen molar-refractivity contribution in [2.75, 3.05) is 0 Å². The highest BCUT2D eigenvalue weighted by Crippen LogP contribution is 2.28. The summed E-state index contributed by atoms with van der Waals surface area (Å²) < 4.78 is 5.13. The number of carbonyl (C=O) groups excluding carboxylic acids is 1. The van der Waals surface area contributed by atoms with Gasteiger partial charge in [-0.1, -0.05) is 23.7 Å². The average Bonchev–Trinajstić information content (AvgIpc) is 2.67. The summed E-state index contributed by atoms with van der Waals surface area (Å²) in [4.78, 5) is 24.0. The number of ether oxygens (including phenoxy) is 1. The number of benzene rings is 2. The van der Waals surface area contributed by atoms with Gasteiger partial charge in [-0.15, -0.1) is 0 Å². The molecule has 0 aliphatic carbocycles. The van der Waals surface area contributed by atoms with Crippen LogP contribution in [-0.2, 0) is 6.54 Å². The lowest BCUT2D eigenvalue weighted by atomic mass is 10.0. The average molecular weight is 400 g/mol. The number of halogens is 1. The van der Waals surface area contributed by atoms with Crippen molar-refractivity contribution in [2.24, 2.45) is 0 Å². The van der Waals surface area contributed by atoms with Crippen molar-refractivity contribution in [1.29, 1.82) is 0 Å². The summed E-state index contributed by atoms with van der Waals surface area (Å²) in [7, 11) is 0. The van der Waals surface area contributed by atoms with E-state index in [0.717, 1.165) is 5.56 Å². The number of phenols is 1. The fourth-order valence-corrected chi connectivity index (χ4v) is 2.75. The molecule has 1 heterocycles. The topological polar surface area (TPSA) is 104 Å². The molecule has 1 amide bonds. The molecule has 0 saturated heterocycles. The van der Waals surface area contributed by atoms with E-state index in [2.05, 4.69) is 15.5 Å². The van der Waals surface area contributed by atoms with Crippen LogP contribution in [0.2, 0.25) is 5.02 Å². The fraction of sp³-hybridized carbons (Fsp3) is 0.150. The lowest BCUT2D eigenvalue weighted by molar-refractivity contribution is 0.199. The van der Waals surface area contributed by atoms with E-state index in [4.69, 9.17) is 16.3 Å². The first-order chi connectivity index (χ1) is 13.3. The quantitative estimate of drug-likeness (QED) is 0.620. The van der Waals surface area contributed by atoms with Crippen molar-refractivity contribution in [2.45, 2.75) is 20.4 Å². The van der Waals surface area contributed by atoms with Crippen molar-refractivity contribution in [1.82, 2.24) is 15.5 Å². The Kier molecular flexibility index (Phi) is 5.65. The molecule has 144 valence electrons. The molecule has 0 radical (unpaired) electrons. The molecule has 0 aliphatic rings. The van der Waals surface area contributed by atoms with Gasteiger partial charge in [0.05, 0.1) is 5.69 Å². The molecule has 2 aromatic carbocycles. The Hall–Kier alpha value is -3.32. The van der Waals surface area contributed by atoms with Crippen LogP contribution in [0, 0.1) is 13.8 Å². The van der Waals surface area contributed by atoms with Crippen molar-refractivity contribution in [3.8, 4) is 22.8 Å². The maximum Gasteiger partial charge on any atom is 0.413 e. The van der Waals surface area contributed by atoms with Crippen LogP contribution < -0.4 is 15.6 Å². The van der Waals surface area contributed by atoms with E-state index in [1.807, 2.05) is 0 Å². The Morgan fingerprint density at radius 1 is 1.18 bits per heavy atom. The molecular formula is C20H18ClN3O4. The van der Waals surface area contributed by atoms with E-state index in [0.29, 0.717) is 27.4 Å². The van der Waals surface area contributed by atoms with Gasteiger partial charge in [0, 0.05) is 23.2 Å². The van der Waals surface area contributed by atoms with Gasteiger partial charge >= 0.3 is 11.7 Å². The Morgan fingerprint density at radius 3 is 2.46 bits per heavy atom. The number of nitrogens with one attached hydrogen (secondary N) is 2. The van der Waals surface area contributed by atoms with Crippen LogP contribution in [0.1, 0.15) is 16.7 Å². The first-order valence-corrected chi connectivity index (χ1v) is 8.81. The zero-order chi connectivity index (χ0) is 20.3. The van der Waals surface area contributed by atoms with Gasteiger partial charge in [-0.3, -0.25) is 4.79 Å². The van der Waals surface area contributed by atoms with Crippen LogP contribution in [0.5, 0.6) is 11.5 Å². The van der Waals surface area contributed by atoms with Gasteiger partial charge in [0.2, 0.25) is 5.75 Å². The van der Waals surface area contributed by atoms with E-state index in [-0.39, 0.29) is 18.0 Å². The zero-order valence-corrected chi connectivity index (χ0v) is 16.0. The summed E-state index contributed by atoms with van der Waals surface area (Å²) in [5.74, 6) is 0.0215. The number of aromatic nitrogens is 2. The van der Waals surface area contributed by atoms with Gasteiger partial charge in [0.1, 0.15) is 5.75 Å². The summed E-state index contributed by atoms with van der Waals surface area (Å²) in [6.45, 7) is 3.75. The molecule has 0 unspecified atom stereocenters. The number of carbonyl (C=O) groups is 1. The number of amides is 1. The maximum atomic E-state index is 12.0. The van der Waals surface area contributed by atoms with E-state index in [1.165, 1.54) is 6.07 Å². The van der Waals surface area contributed by atoms with E-state index < -0.39 is 11.7 Å². The van der Waals surface area contributed by atoms with Crippen LogP contribution >= 0.6 is 11.6 Å². The van der Waals surface area contributed by atoms with Crippen LogP contribution in [0.15, 0.2) is 47.3 Å². The SMILES string of the molecule is Cc1cc(-c2cc(OC(=O)NCc3ccc(Cl)cc3)c(=O)[nH]n2)cc(C)c1O. The molecule has 0 spiro atoms. The summed E-state index contributed by atoms with van der Waals surface area (Å²) in [6, 6.07) is 11.8. The number of hydrogen-bond acceptors (Lipinski definition) is 5. The van der Waals surface area contributed by atoms with Crippen molar-refractivity contribution >= 4 is 17.7 Å². The number of hydrogen-bond donors (Lipinski definition) is 3. The molecule has 0 aliphatic heterocycles. The van der Waals surface area contributed by atoms with E-state index in [9.17, 15) is 14.7 Å². The molecular weight excluding hydrogens is 382 g/mol. The number of H-pyrrole nitrogens is 1. The fourth-order valence-electron chi connectivity index (χ4n) is 2.63. The first-order valence-electron chi connectivity index (χ1n) is 8.44. The molecule has 0 fully saturated rings. The maximum absolute atomic E-state index is 12.0. The number of rotatable bonds is 4. The molecule has 0 saturated carbocycles. The number of aryl methyl sites for hydroxylation is 2. The normalized spacial score (nSPS) is 10.5. The van der Waals surface area contributed by atoms with E-state index in [1.54, 1.807) is 50.2 Å². The number of nitrogens with zero attached hydrogens (tertiary/aromatic N) is 1. The second-order valence-electron chi connectivity index (χ2n) is 6.27. The van der Waals surface area contributed by atoms with Gasteiger partial charge in [-0.2, -0.15) is 5.10 Å². The predicted octanol–water partition coefficient (Wildman–Crippen LogP) is 3.70. The predicted molar refractivity (Wildman–Crippen MR) is 106 cm³/mol. The molecule has 3 rings (SSSR count). The van der Waals surface area contributed by atoms with Gasteiger partial charge in [0.25, 0.3) is 0 Å². The largest absolute Gasteiger partial charge is 0.507 e. The monoisotopic (exact) mass is 399 g/mol. The standard InChI is InChI=1S/C20H18ClN3O4/c1-11-7-14(8-12(2)18(11)25)16-9-17(19(26)24-23-16)28-20(27)22-10-13-3-5-15(21)6-4-13/h3-9,25H,10H2,1-2H3,(H,22,27)(H,24,26). The highest BCUT2D eigenvalue weighted by molar-refractivity contribution is 6.30. The third-order valence-electron chi connectivity index (χ3n) is 4.11. The molecule has 3 N–H and O–H groups in total. The van der Waals surface area contributed by atoms with E-state index >= 15 is 0 Å². The second kappa shape index (κ2) is 8.14.